The molecule has 1 saturated heterocycles. The lowest BCUT2D eigenvalue weighted by molar-refractivity contribution is -0.0368. The van der Waals surface area contributed by atoms with Gasteiger partial charge in [0.05, 0.1) is 39.2 Å². The predicted molar refractivity (Wildman–Crippen MR) is 111 cm³/mol. The number of ether oxygens (including phenoxy) is 4. The van der Waals surface area contributed by atoms with E-state index in [-0.39, 0.29) is 18.1 Å². The summed E-state index contributed by atoms with van der Waals surface area (Å²) in [5.74, 6) is 0.0673. The van der Waals surface area contributed by atoms with Crippen LogP contribution in [0.15, 0.2) is 24.5 Å². The number of halogens is 1. The minimum absolute atomic E-state index is 0.229. The molecule has 1 unspecified atom stereocenters. The Bertz CT molecular complexity index is 1040. The molecule has 0 radical (unpaired) electrons. The molecule has 4 bridgehead atoms. The fourth-order valence-corrected chi connectivity index (χ4v) is 4.11. The summed E-state index contributed by atoms with van der Waals surface area (Å²) in [6.07, 6.45) is 6.00. The van der Waals surface area contributed by atoms with E-state index >= 15 is 4.39 Å². The smallest absolute Gasteiger partial charge is 0.152 e. The van der Waals surface area contributed by atoms with Gasteiger partial charge in [0.2, 0.25) is 0 Å². The molecule has 2 aromatic heterocycles. The highest BCUT2D eigenvalue weighted by Crippen LogP contribution is 2.36. The SMILES string of the molecule is C[C@@H]1COCCOCCn2cc(cn2)-c2nn(C3CCCCO3)c3c(F)cc(cc23)O1. The van der Waals surface area contributed by atoms with Gasteiger partial charge in [-0.1, -0.05) is 0 Å². The van der Waals surface area contributed by atoms with E-state index in [9.17, 15) is 0 Å². The summed E-state index contributed by atoms with van der Waals surface area (Å²) in [6.45, 7) is 5.06. The Kier molecular flexibility index (Phi) is 5.89. The number of benzene rings is 1. The van der Waals surface area contributed by atoms with Crippen molar-refractivity contribution >= 4 is 10.9 Å². The van der Waals surface area contributed by atoms with E-state index in [0.717, 1.165) is 24.8 Å². The van der Waals surface area contributed by atoms with Gasteiger partial charge in [0.15, 0.2) is 12.0 Å². The molecule has 31 heavy (non-hydrogen) atoms. The van der Waals surface area contributed by atoms with Crippen LogP contribution in [0.5, 0.6) is 5.75 Å². The van der Waals surface area contributed by atoms with Crippen LogP contribution in [0, 0.1) is 5.82 Å². The molecular weight excluding hydrogens is 403 g/mol. The lowest BCUT2D eigenvalue weighted by Gasteiger charge is -2.23. The lowest BCUT2D eigenvalue weighted by atomic mass is 10.1. The van der Waals surface area contributed by atoms with Crippen molar-refractivity contribution in [3.63, 3.8) is 0 Å². The minimum Gasteiger partial charge on any atom is -0.488 e. The van der Waals surface area contributed by atoms with E-state index in [0.29, 0.717) is 61.9 Å². The van der Waals surface area contributed by atoms with Crippen LogP contribution in [0.1, 0.15) is 32.4 Å². The monoisotopic (exact) mass is 430 g/mol. The molecule has 2 atom stereocenters. The first-order valence-corrected chi connectivity index (χ1v) is 10.9. The van der Waals surface area contributed by atoms with Gasteiger partial charge in [-0.05, 0) is 32.3 Å². The molecule has 5 rings (SSSR count). The zero-order chi connectivity index (χ0) is 21.2. The summed E-state index contributed by atoms with van der Waals surface area (Å²) < 4.78 is 42.0. The quantitative estimate of drug-likeness (QED) is 0.588. The molecule has 0 spiro atoms. The highest BCUT2D eigenvalue weighted by molar-refractivity contribution is 5.94. The van der Waals surface area contributed by atoms with Gasteiger partial charge in [-0.3, -0.25) is 4.68 Å². The van der Waals surface area contributed by atoms with E-state index < -0.39 is 0 Å². The van der Waals surface area contributed by atoms with Crippen molar-refractivity contribution in [2.75, 3.05) is 33.0 Å². The van der Waals surface area contributed by atoms with Crippen LogP contribution in [-0.4, -0.2) is 58.7 Å². The summed E-state index contributed by atoms with van der Waals surface area (Å²) in [7, 11) is 0. The molecule has 0 amide bonds. The molecule has 2 aliphatic rings. The van der Waals surface area contributed by atoms with Crippen molar-refractivity contribution in [3.05, 3.63) is 30.3 Å². The average molecular weight is 430 g/mol. The van der Waals surface area contributed by atoms with Gasteiger partial charge in [0, 0.05) is 29.8 Å². The zero-order valence-corrected chi connectivity index (χ0v) is 17.6. The van der Waals surface area contributed by atoms with Crippen LogP contribution >= 0.6 is 0 Å². The van der Waals surface area contributed by atoms with E-state index in [2.05, 4.69) is 5.10 Å². The summed E-state index contributed by atoms with van der Waals surface area (Å²) in [6, 6.07) is 3.27. The first-order valence-electron chi connectivity index (χ1n) is 10.9. The fraction of sp³-hybridized carbons (Fsp3) is 0.545. The highest BCUT2D eigenvalue weighted by Gasteiger charge is 2.25. The molecule has 0 N–H and O–H groups in total. The second-order valence-corrected chi connectivity index (χ2v) is 8.02. The van der Waals surface area contributed by atoms with Crippen LogP contribution < -0.4 is 4.74 Å². The molecule has 4 heterocycles. The summed E-state index contributed by atoms with van der Waals surface area (Å²) >= 11 is 0. The zero-order valence-electron chi connectivity index (χ0n) is 17.6. The summed E-state index contributed by atoms with van der Waals surface area (Å²) in [4.78, 5) is 0. The van der Waals surface area contributed by atoms with Gasteiger partial charge in [0.1, 0.15) is 23.1 Å². The average Bonchev–Trinajstić information content (AvgIpc) is 3.38. The summed E-state index contributed by atoms with van der Waals surface area (Å²) in [5, 5.41) is 9.90. The number of aromatic nitrogens is 4. The molecule has 3 aromatic rings. The molecule has 2 aliphatic heterocycles. The van der Waals surface area contributed by atoms with Crippen molar-refractivity contribution in [1.82, 2.24) is 19.6 Å². The van der Waals surface area contributed by atoms with Crippen molar-refractivity contribution in [1.29, 1.82) is 0 Å². The van der Waals surface area contributed by atoms with Crippen LogP contribution in [0.25, 0.3) is 22.2 Å². The number of fused-ring (bicyclic) bond motifs is 4. The van der Waals surface area contributed by atoms with Crippen LogP contribution in [0.3, 0.4) is 0 Å². The number of hydrogen-bond acceptors (Lipinski definition) is 6. The molecule has 9 heteroatoms. The Balaban J connectivity index is 1.62. The van der Waals surface area contributed by atoms with Crippen molar-refractivity contribution < 1.29 is 23.3 Å². The number of nitrogens with zero attached hydrogens (tertiary/aromatic N) is 4. The fourth-order valence-electron chi connectivity index (χ4n) is 4.11. The minimum atomic E-state index is -0.379. The van der Waals surface area contributed by atoms with E-state index in [1.165, 1.54) is 6.07 Å². The van der Waals surface area contributed by atoms with Gasteiger partial charge < -0.3 is 18.9 Å². The number of rotatable bonds is 1. The topological polar surface area (TPSA) is 72.6 Å². The molecular formula is C22H27FN4O4. The van der Waals surface area contributed by atoms with E-state index in [4.69, 9.17) is 24.0 Å². The Morgan fingerprint density at radius 3 is 2.87 bits per heavy atom. The normalized spacial score (nSPS) is 23.2. The largest absolute Gasteiger partial charge is 0.488 e. The molecule has 0 saturated carbocycles. The van der Waals surface area contributed by atoms with Crippen molar-refractivity contribution in [2.24, 2.45) is 0 Å². The third kappa shape index (κ3) is 4.30. The van der Waals surface area contributed by atoms with Crippen LogP contribution in [-0.2, 0) is 20.8 Å². The van der Waals surface area contributed by atoms with Crippen LogP contribution in [0.4, 0.5) is 4.39 Å². The van der Waals surface area contributed by atoms with Gasteiger partial charge in [-0.25, -0.2) is 9.07 Å². The maximum absolute atomic E-state index is 15.4. The van der Waals surface area contributed by atoms with Gasteiger partial charge in [-0.15, -0.1) is 0 Å². The first kappa shape index (κ1) is 20.4. The summed E-state index contributed by atoms with van der Waals surface area (Å²) in [5.41, 5.74) is 1.91. The molecule has 1 aromatic carbocycles. The first-order chi connectivity index (χ1) is 15.2. The van der Waals surface area contributed by atoms with Gasteiger partial charge >= 0.3 is 0 Å². The second kappa shape index (κ2) is 8.94. The maximum Gasteiger partial charge on any atom is 0.152 e. The molecule has 166 valence electrons. The highest BCUT2D eigenvalue weighted by atomic mass is 19.1. The van der Waals surface area contributed by atoms with Crippen molar-refractivity contribution in [3.8, 4) is 17.0 Å². The number of hydrogen-bond donors (Lipinski definition) is 0. The standard InChI is InChI=1S/C22H27FN4O4/c1-15-14-29-9-8-28-7-5-26-13-16(12-24-26)21-18-10-17(31-15)11-19(23)22(18)27(25-21)20-4-2-3-6-30-20/h10-13,15,20H,2-9,14H2,1H3/t15-,20?/m1/s1. The van der Waals surface area contributed by atoms with Gasteiger partial charge in [-0.2, -0.15) is 10.2 Å². The molecule has 1 fully saturated rings. The Morgan fingerprint density at radius 2 is 2.00 bits per heavy atom. The molecule has 8 nitrogen and oxygen atoms in total. The predicted octanol–water partition coefficient (Wildman–Crippen LogP) is 3.55. The second-order valence-electron chi connectivity index (χ2n) is 8.02. The molecule has 0 aliphatic carbocycles. The third-order valence-corrected chi connectivity index (χ3v) is 5.59. The van der Waals surface area contributed by atoms with E-state index in [1.54, 1.807) is 10.9 Å². The Morgan fingerprint density at radius 1 is 1.10 bits per heavy atom. The van der Waals surface area contributed by atoms with Crippen molar-refractivity contribution in [2.45, 2.75) is 45.1 Å². The lowest BCUT2D eigenvalue weighted by Crippen LogP contribution is -2.21. The third-order valence-electron chi connectivity index (χ3n) is 5.59. The Hall–Kier alpha value is -2.49. The maximum atomic E-state index is 15.4. The Labute approximate surface area is 179 Å². The van der Waals surface area contributed by atoms with Gasteiger partial charge in [0.25, 0.3) is 0 Å². The van der Waals surface area contributed by atoms with E-state index in [1.807, 2.05) is 23.9 Å². The van der Waals surface area contributed by atoms with Crippen LogP contribution in [0.2, 0.25) is 0 Å².